The fourth-order valence-electron chi connectivity index (χ4n) is 5.69. The molecule has 5 rings (SSSR count). The average Bonchev–Trinajstić information content (AvgIpc) is 3.67. The van der Waals surface area contributed by atoms with Crippen LogP contribution < -0.4 is 16.0 Å². The van der Waals surface area contributed by atoms with E-state index in [1.54, 1.807) is 18.7 Å². The number of carbonyl (C=O) groups is 4. The van der Waals surface area contributed by atoms with Gasteiger partial charge in [0.25, 0.3) is 5.91 Å². The number of carbonyl (C=O) groups excluding carboxylic acids is 4. The summed E-state index contributed by atoms with van der Waals surface area (Å²) in [6.45, 7) is 7.82. The van der Waals surface area contributed by atoms with Crippen LogP contribution in [-0.2, 0) is 20.9 Å². The lowest BCUT2D eigenvalue weighted by atomic mass is 10.0. The van der Waals surface area contributed by atoms with E-state index in [9.17, 15) is 19.2 Å². The first-order valence-electron chi connectivity index (χ1n) is 16.3. The minimum absolute atomic E-state index is 0.0937. The van der Waals surface area contributed by atoms with Crippen molar-refractivity contribution in [1.82, 2.24) is 40.8 Å². The number of hydrogen-bond acceptors (Lipinski definition) is 8. The van der Waals surface area contributed by atoms with Gasteiger partial charge in [0.15, 0.2) is 5.82 Å². The molecule has 252 valence electrons. The summed E-state index contributed by atoms with van der Waals surface area (Å²) in [7, 11) is 0. The third-order valence-electron chi connectivity index (χ3n) is 8.08. The Hall–Kier alpha value is -5.33. The van der Waals surface area contributed by atoms with Crippen molar-refractivity contribution in [3.8, 4) is 22.6 Å². The predicted octanol–water partition coefficient (Wildman–Crippen LogP) is 3.67. The van der Waals surface area contributed by atoms with E-state index in [2.05, 4.69) is 26.2 Å². The monoisotopic (exact) mass is 654 g/mol. The molecule has 13 heteroatoms. The van der Waals surface area contributed by atoms with Gasteiger partial charge in [-0.2, -0.15) is 5.10 Å². The van der Waals surface area contributed by atoms with E-state index >= 15 is 0 Å². The van der Waals surface area contributed by atoms with E-state index in [0.717, 1.165) is 11.1 Å². The highest BCUT2D eigenvalue weighted by atomic mass is 16.5. The molecule has 3 N–H and O–H groups in total. The summed E-state index contributed by atoms with van der Waals surface area (Å²) in [5.41, 5.74) is 2.24. The molecule has 0 fully saturated rings. The Morgan fingerprint density at radius 3 is 2.33 bits per heavy atom. The van der Waals surface area contributed by atoms with Crippen molar-refractivity contribution in [2.45, 2.75) is 65.6 Å². The second kappa shape index (κ2) is 15.5. The number of aryl methyl sites for hydroxylation is 1. The van der Waals surface area contributed by atoms with E-state index in [0.29, 0.717) is 41.5 Å². The van der Waals surface area contributed by atoms with Crippen molar-refractivity contribution < 1.29 is 23.7 Å². The zero-order valence-electron chi connectivity index (χ0n) is 27.7. The van der Waals surface area contributed by atoms with E-state index in [4.69, 9.17) is 9.51 Å². The van der Waals surface area contributed by atoms with Gasteiger partial charge in [0.05, 0.1) is 6.04 Å². The van der Waals surface area contributed by atoms with Crippen molar-refractivity contribution in [2.24, 2.45) is 5.92 Å². The molecule has 13 nitrogen and oxygen atoms in total. The number of nitrogens with one attached hydrogen (secondary N) is 3. The van der Waals surface area contributed by atoms with Crippen LogP contribution in [0.2, 0.25) is 0 Å². The standard InChI is InChI=1S/C35H42N8O5/c1-22(2)20-27-34(46)37-23(3)33-39-32(26-14-9-6-10-15-26)40-43(33)21-29(45)36-17-19-42(18-11-16-28(44)38-27)35(47)30-24(4)48-41-31(30)25-12-7-5-8-13-25/h5-10,12-15,22-23,27H,11,16-21H2,1-4H3,(H,36,45)(H,37,46)(H,38,44)/t23-,27+/m0/s1. The van der Waals surface area contributed by atoms with Gasteiger partial charge in [0, 0.05) is 37.2 Å². The van der Waals surface area contributed by atoms with E-state index in [-0.39, 0.29) is 62.1 Å². The fourth-order valence-corrected chi connectivity index (χ4v) is 5.69. The third-order valence-corrected chi connectivity index (χ3v) is 8.08. The molecular weight excluding hydrogens is 612 g/mol. The first-order chi connectivity index (χ1) is 23.1. The Balaban J connectivity index is 1.43. The fraction of sp³-hybridized carbons (Fsp3) is 0.400. The Morgan fingerprint density at radius 1 is 0.958 bits per heavy atom. The zero-order valence-corrected chi connectivity index (χ0v) is 27.7. The Bertz CT molecular complexity index is 1730. The van der Waals surface area contributed by atoms with Crippen molar-refractivity contribution >= 4 is 23.6 Å². The molecule has 2 aromatic carbocycles. The molecule has 2 aromatic heterocycles. The number of fused-ring (bicyclic) bond motifs is 1. The summed E-state index contributed by atoms with van der Waals surface area (Å²) >= 11 is 0. The first-order valence-corrected chi connectivity index (χ1v) is 16.3. The molecule has 1 aliphatic heterocycles. The smallest absolute Gasteiger partial charge is 0.259 e. The van der Waals surface area contributed by atoms with Crippen molar-refractivity contribution in [3.05, 3.63) is 77.8 Å². The van der Waals surface area contributed by atoms with Gasteiger partial charge in [-0.05, 0) is 32.6 Å². The molecule has 0 aliphatic carbocycles. The summed E-state index contributed by atoms with van der Waals surface area (Å²) in [5, 5.41) is 17.5. The van der Waals surface area contributed by atoms with Crippen LogP contribution in [-0.4, -0.2) is 74.1 Å². The molecule has 48 heavy (non-hydrogen) atoms. The van der Waals surface area contributed by atoms with Gasteiger partial charge in [-0.1, -0.05) is 79.7 Å². The molecule has 0 radical (unpaired) electrons. The summed E-state index contributed by atoms with van der Waals surface area (Å²) in [4.78, 5) is 60.2. The van der Waals surface area contributed by atoms with Crippen LogP contribution in [0.15, 0.2) is 65.2 Å². The van der Waals surface area contributed by atoms with Gasteiger partial charge >= 0.3 is 0 Å². The minimum Gasteiger partial charge on any atom is -0.360 e. The first kappa shape index (κ1) is 34.0. The highest BCUT2D eigenvalue weighted by Crippen LogP contribution is 2.26. The van der Waals surface area contributed by atoms with E-state index in [1.165, 1.54) is 4.68 Å². The van der Waals surface area contributed by atoms with Crippen LogP contribution in [0.1, 0.15) is 68.0 Å². The van der Waals surface area contributed by atoms with Crippen molar-refractivity contribution in [1.29, 1.82) is 0 Å². The lowest BCUT2D eigenvalue weighted by Crippen LogP contribution is -2.48. The molecule has 4 aromatic rings. The van der Waals surface area contributed by atoms with E-state index in [1.807, 2.05) is 74.5 Å². The van der Waals surface area contributed by atoms with E-state index < -0.39 is 12.1 Å². The van der Waals surface area contributed by atoms with Gasteiger partial charge < -0.3 is 25.4 Å². The molecule has 0 unspecified atom stereocenters. The second-order valence-corrected chi connectivity index (χ2v) is 12.4. The Morgan fingerprint density at radius 2 is 1.65 bits per heavy atom. The largest absolute Gasteiger partial charge is 0.360 e. The molecule has 0 spiro atoms. The Kier molecular flexibility index (Phi) is 11.0. The number of amides is 4. The summed E-state index contributed by atoms with van der Waals surface area (Å²) in [5.74, 6) is -0.0134. The quantitative estimate of drug-likeness (QED) is 0.293. The average molecular weight is 655 g/mol. The second-order valence-electron chi connectivity index (χ2n) is 12.4. The molecule has 1 aliphatic rings. The van der Waals surface area contributed by atoms with Crippen molar-refractivity contribution in [2.75, 3.05) is 19.6 Å². The third kappa shape index (κ3) is 8.33. The normalized spacial score (nSPS) is 18.4. The summed E-state index contributed by atoms with van der Waals surface area (Å²) < 4.78 is 6.92. The van der Waals surface area contributed by atoms with Crippen molar-refractivity contribution in [3.63, 3.8) is 0 Å². The van der Waals surface area contributed by atoms with Crippen LogP contribution in [0.25, 0.3) is 22.6 Å². The maximum Gasteiger partial charge on any atom is 0.259 e. The number of hydrogen-bond donors (Lipinski definition) is 3. The van der Waals surface area contributed by atoms with Gasteiger partial charge in [-0.3, -0.25) is 19.2 Å². The SMILES string of the molecule is Cc1onc(-c2ccccc2)c1C(=O)N1CCCC(=O)N[C@H](CC(C)C)C(=O)N[C@@H](C)c2nc(-c3ccccc3)nn2CC(=O)NCC1. The van der Waals surface area contributed by atoms with Crippen LogP contribution in [0, 0.1) is 12.8 Å². The summed E-state index contributed by atoms with van der Waals surface area (Å²) in [6.07, 6.45) is 0.856. The summed E-state index contributed by atoms with van der Waals surface area (Å²) in [6, 6.07) is 17.2. The number of benzene rings is 2. The molecule has 0 saturated carbocycles. The zero-order chi connectivity index (χ0) is 34.2. The molecule has 0 bridgehead atoms. The molecule has 2 atom stereocenters. The molecular formula is C35H42N8O5. The number of rotatable bonds is 5. The number of aromatic nitrogens is 4. The minimum atomic E-state index is -0.783. The maximum atomic E-state index is 14.0. The topological polar surface area (TPSA) is 164 Å². The van der Waals surface area contributed by atoms with Gasteiger partial charge in [0.2, 0.25) is 17.7 Å². The maximum absolute atomic E-state index is 14.0. The van der Waals surface area contributed by atoms with Crippen LogP contribution in [0.3, 0.4) is 0 Å². The predicted molar refractivity (Wildman–Crippen MR) is 178 cm³/mol. The number of nitrogens with zero attached hydrogens (tertiary/aromatic N) is 5. The van der Waals surface area contributed by atoms with Crippen LogP contribution in [0.4, 0.5) is 0 Å². The molecule has 0 saturated heterocycles. The highest BCUT2D eigenvalue weighted by Gasteiger charge is 2.29. The lowest BCUT2D eigenvalue weighted by molar-refractivity contribution is -0.129. The highest BCUT2D eigenvalue weighted by molar-refractivity contribution is 6.00. The van der Waals surface area contributed by atoms with Gasteiger partial charge in [-0.15, -0.1) is 0 Å². The van der Waals surface area contributed by atoms with Crippen LogP contribution in [0.5, 0.6) is 0 Å². The Labute approximate surface area is 279 Å². The molecule has 4 amide bonds. The van der Waals surface area contributed by atoms with Crippen LogP contribution >= 0.6 is 0 Å². The van der Waals surface area contributed by atoms with Gasteiger partial charge in [-0.25, -0.2) is 9.67 Å². The molecule has 3 heterocycles. The van der Waals surface area contributed by atoms with Gasteiger partial charge in [0.1, 0.15) is 35.4 Å². The lowest BCUT2D eigenvalue weighted by Gasteiger charge is -2.24.